The number of rotatable bonds is 8. The molecule has 44 heavy (non-hydrogen) atoms. The Morgan fingerprint density at radius 2 is 1.89 bits per heavy atom. The van der Waals surface area contributed by atoms with Crippen molar-refractivity contribution >= 4 is 33.2 Å². The molecule has 1 saturated heterocycles. The number of aliphatic hydroxyl groups is 2. The second-order valence-electron chi connectivity index (χ2n) is 9.56. The average molecular weight is 626 g/mol. The maximum Gasteiger partial charge on any atom is 0.362 e. The molecular weight excluding hydrogens is 602 g/mol. The van der Waals surface area contributed by atoms with E-state index in [0.29, 0.717) is 11.3 Å². The van der Waals surface area contributed by atoms with Gasteiger partial charge in [-0.1, -0.05) is 29.5 Å². The van der Waals surface area contributed by atoms with Crippen molar-refractivity contribution in [3.05, 3.63) is 66.6 Å². The molecule has 0 bridgehead atoms. The van der Waals surface area contributed by atoms with Crippen LogP contribution in [0.1, 0.15) is 16.6 Å². The van der Waals surface area contributed by atoms with Crippen molar-refractivity contribution in [3.8, 4) is 28.7 Å². The van der Waals surface area contributed by atoms with Gasteiger partial charge in [-0.3, -0.25) is 13.5 Å². The highest BCUT2D eigenvalue weighted by Gasteiger charge is 2.45. The van der Waals surface area contributed by atoms with Crippen molar-refractivity contribution in [1.29, 1.82) is 0 Å². The Kier molecular flexibility index (Phi) is 7.31. The fraction of sp³-hybridized carbons (Fsp3) is 0.200. The lowest BCUT2D eigenvalue weighted by Crippen LogP contribution is -2.37. The molecule has 1 aliphatic heterocycles. The van der Waals surface area contributed by atoms with E-state index in [2.05, 4.69) is 25.3 Å². The van der Waals surface area contributed by atoms with Crippen molar-refractivity contribution in [2.24, 2.45) is 0 Å². The summed E-state index contributed by atoms with van der Waals surface area (Å²) in [6.07, 6.45) is -3.16. The van der Waals surface area contributed by atoms with Gasteiger partial charge in [0.1, 0.15) is 41.0 Å². The number of nitrogens with one attached hydrogen (secondary N) is 1. The Bertz CT molecular complexity index is 1980. The number of imidazole rings is 1. The minimum absolute atomic E-state index is 0.0186. The predicted octanol–water partition coefficient (Wildman–Crippen LogP) is -0.622. The van der Waals surface area contributed by atoms with E-state index in [9.17, 15) is 33.6 Å². The highest BCUT2D eigenvalue weighted by atomic mass is 32.2. The molecule has 0 radical (unpaired) electrons. The van der Waals surface area contributed by atoms with Gasteiger partial charge in [-0.15, -0.1) is 5.10 Å². The highest BCUT2D eigenvalue weighted by Crippen LogP contribution is 2.33. The van der Waals surface area contributed by atoms with E-state index in [-0.39, 0.29) is 34.2 Å². The highest BCUT2D eigenvalue weighted by molar-refractivity contribution is 7.85. The summed E-state index contributed by atoms with van der Waals surface area (Å²) in [6.45, 7) is -0.788. The molecule has 7 N–H and O–H groups in total. The van der Waals surface area contributed by atoms with E-state index >= 15 is 0 Å². The number of hydrogen-bond acceptors (Lipinski definition) is 15. The number of anilines is 1. The summed E-state index contributed by atoms with van der Waals surface area (Å²) >= 11 is 0. The van der Waals surface area contributed by atoms with Crippen LogP contribution in [0, 0.1) is 0 Å². The summed E-state index contributed by atoms with van der Waals surface area (Å²) in [6, 6.07) is 11.7. The Hall–Kier alpha value is -5.21. The lowest BCUT2D eigenvalue weighted by atomic mass is 10.1. The predicted molar refractivity (Wildman–Crippen MR) is 148 cm³/mol. The third kappa shape index (κ3) is 5.47. The number of para-hydroxylation sites is 1. The number of fused-ring (bicyclic) bond motifs is 1. The number of phenolic OH excluding ortho intramolecular Hbond substituents is 2. The normalized spacial score (nSPS) is 20.2. The van der Waals surface area contributed by atoms with Crippen molar-refractivity contribution in [2.45, 2.75) is 24.5 Å². The summed E-state index contributed by atoms with van der Waals surface area (Å²) in [5.74, 6) is -1.61. The van der Waals surface area contributed by atoms with Crippen LogP contribution in [0.5, 0.6) is 11.5 Å². The van der Waals surface area contributed by atoms with Crippen LogP contribution in [0.4, 0.5) is 5.82 Å². The van der Waals surface area contributed by atoms with Gasteiger partial charge in [0.15, 0.2) is 17.7 Å². The van der Waals surface area contributed by atoms with Crippen LogP contribution in [-0.2, 0) is 19.2 Å². The van der Waals surface area contributed by atoms with Gasteiger partial charge in [-0.2, -0.15) is 23.1 Å². The lowest BCUT2D eigenvalue weighted by Gasteiger charge is -2.16. The van der Waals surface area contributed by atoms with Gasteiger partial charge in [-0.05, 0) is 24.3 Å². The average Bonchev–Trinajstić information content (AvgIpc) is 3.71. The largest absolute Gasteiger partial charge is 0.508 e. The molecule has 19 heteroatoms. The first-order valence-electron chi connectivity index (χ1n) is 12.7. The number of carbonyl (C=O) groups excluding carboxylic acids is 1. The summed E-state index contributed by atoms with van der Waals surface area (Å²) in [7, 11) is -4.71. The number of aromatic hydroxyl groups is 2. The van der Waals surface area contributed by atoms with Crippen molar-refractivity contribution < 1.29 is 42.6 Å². The third-order valence-electron chi connectivity index (χ3n) is 6.64. The second kappa shape index (κ2) is 11.1. The minimum atomic E-state index is -4.71. The maximum absolute atomic E-state index is 12.4. The summed E-state index contributed by atoms with van der Waals surface area (Å²) in [4.78, 5) is 25.1. The molecule has 1 amide bonds. The summed E-state index contributed by atoms with van der Waals surface area (Å²) < 4.78 is 39.4. The first kappa shape index (κ1) is 28.9. The molecule has 1 fully saturated rings. The number of benzene rings is 2. The first-order chi connectivity index (χ1) is 21.0. The van der Waals surface area contributed by atoms with Crippen molar-refractivity contribution in [1.82, 2.24) is 39.2 Å². The molecule has 0 saturated carbocycles. The SMILES string of the molecule is Nc1nc(-n2cc(-c3cccc(O)c3)nn2)nc2c1ncn2[C@H]1O[C@@H](COS(=O)(=O)NC(=O)c2ccccc2O)[C@H](O)[C@@H]1O. The zero-order valence-electron chi connectivity index (χ0n) is 22.2. The van der Waals surface area contributed by atoms with Gasteiger partial charge in [0.25, 0.3) is 11.9 Å². The number of amides is 1. The van der Waals surface area contributed by atoms with Crippen LogP contribution in [-0.4, -0.2) is 94.2 Å². The molecule has 1 aliphatic rings. The number of phenols is 2. The lowest BCUT2D eigenvalue weighted by molar-refractivity contribution is -0.0468. The molecule has 3 aromatic heterocycles. The van der Waals surface area contributed by atoms with E-state index in [0.717, 1.165) is 0 Å². The van der Waals surface area contributed by atoms with E-state index in [1.54, 1.807) is 16.9 Å². The zero-order valence-corrected chi connectivity index (χ0v) is 23.1. The maximum atomic E-state index is 12.4. The first-order valence-corrected chi connectivity index (χ1v) is 14.1. The van der Waals surface area contributed by atoms with E-state index in [1.165, 1.54) is 58.2 Å². The smallest absolute Gasteiger partial charge is 0.362 e. The van der Waals surface area contributed by atoms with Gasteiger partial charge < -0.3 is 30.9 Å². The Balaban J connectivity index is 1.20. The van der Waals surface area contributed by atoms with Crippen LogP contribution in [0.2, 0.25) is 0 Å². The Morgan fingerprint density at radius 3 is 2.66 bits per heavy atom. The fourth-order valence-electron chi connectivity index (χ4n) is 4.49. The molecule has 5 aromatic rings. The number of nitrogens with zero attached hydrogens (tertiary/aromatic N) is 7. The topological polar surface area (TPSA) is 263 Å². The van der Waals surface area contributed by atoms with E-state index in [4.69, 9.17) is 14.7 Å². The molecule has 0 unspecified atom stereocenters. The molecular formula is C25H23N9O9S. The molecule has 18 nitrogen and oxygen atoms in total. The molecule has 228 valence electrons. The van der Waals surface area contributed by atoms with Gasteiger partial charge >= 0.3 is 10.3 Å². The third-order valence-corrected chi connectivity index (χ3v) is 7.52. The fourth-order valence-corrected chi connectivity index (χ4v) is 5.20. The van der Waals surface area contributed by atoms with Gasteiger partial charge in [0.2, 0.25) is 0 Å². The molecule has 4 heterocycles. The van der Waals surface area contributed by atoms with Gasteiger partial charge in [0.05, 0.1) is 24.7 Å². The van der Waals surface area contributed by atoms with Crippen LogP contribution in [0.25, 0.3) is 28.4 Å². The van der Waals surface area contributed by atoms with Gasteiger partial charge in [0, 0.05) is 5.56 Å². The number of aromatic nitrogens is 7. The Labute approximate surface area is 247 Å². The Morgan fingerprint density at radius 1 is 1.09 bits per heavy atom. The van der Waals surface area contributed by atoms with Crippen LogP contribution < -0.4 is 10.5 Å². The molecule has 6 rings (SSSR count). The molecule has 0 spiro atoms. The van der Waals surface area contributed by atoms with Crippen molar-refractivity contribution in [3.63, 3.8) is 0 Å². The van der Waals surface area contributed by atoms with E-state index < -0.39 is 53.1 Å². The second-order valence-corrected chi connectivity index (χ2v) is 10.9. The number of aliphatic hydroxyl groups excluding tert-OH is 2. The standard InChI is InChI=1S/C25H23N9O9S/c26-21-18-22(29-25(28-21)34-9-15(30-32-34)12-4-3-5-13(35)8-12)33(11-27-18)24-20(38)19(37)17(43-24)10-42-44(40,41)31-23(39)14-6-1-2-7-16(14)36/h1-9,11,17,19-20,24,35-38H,10H2,(H,31,39)(H2,26,28,29)/t17-,19-,20-,24-/m0/s1. The molecule has 0 aliphatic carbocycles. The summed E-state index contributed by atoms with van der Waals surface area (Å²) in [5.41, 5.74) is 7.02. The van der Waals surface area contributed by atoms with E-state index in [1.807, 2.05) is 0 Å². The molecule has 4 atom stereocenters. The molecule has 2 aromatic carbocycles. The van der Waals surface area contributed by atoms with Crippen LogP contribution >= 0.6 is 0 Å². The number of nitrogen functional groups attached to an aromatic ring is 1. The number of carbonyl (C=O) groups is 1. The number of nitrogens with two attached hydrogens (primary N) is 1. The van der Waals surface area contributed by atoms with Crippen molar-refractivity contribution in [2.75, 3.05) is 12.3 Å². The number of hydrogen-bond donors (Lipinski definition) is 6. The zero-order chi connectivity index (χ0) is 31.2. The van der Waals surface area contributed by atoms with Crippen LogP contribution in [0.15, 0.2) is 61.1 Å². The van der Waals surface area contributed by atoms with Gasteiger partial charge in [-0.25, -0.2) is 9.71 Å². The quantitative estimate of drug-likeness (QED) is 0.125. The number of ether oxygens (including phenoxy) is 1. The summed E-state index contributed by atoms with van der Waals surface area (Å²) in [5, 5.41) is 49.0. The minimum Gasteiger partial charge on any atom is -0.508 e. The monoisotopic (exact) mass is 625 g/mol. The van der Waals surface area contributed by atoms with Crippen LogP contribution in [0.3, 0.4) is 0 Å².